The van der Waals surface area contributed by atoms with E-state index in [4.69, 9.17) is 19.8 Å². The number of hydrogen-bond donors (Lipinski definition) is 2. The molecule has 0 saturated carbocycles. The molecule has 10 nitrogen and oxygen atoms in total. The molecule has 3 N–H and O–H groups in total. The first-order valence-electron chi connectivity index (χ1n) is 7.59. The number of nitrogens with zero attached hydrogens (tertiary/aromatic N) is 1. The van der Waals surface area contributed by atoms with E-state index in [0.717, 1.165) is 0 Å². The Kier molecular flexibility index (Phi) is 8.23. The lowest BCUT2D eigenvalue weighted by Gasteiger charge is -2.10. The first-order chi connectivity index (χ1) is 13.0. The van der Waals surface area contributed by atoms with Crippen LogP contribution in [0.3, 0.4) is 0 Å². The molecule has 150 valence electrons. The molecule has 28 heavy (non-hydrogen) atoms. The zero-order chi connectivity index (χ0) is 21.3. The molecule has 1 amide bonds. The van der Waals surface area contributed by atoms with Crippen LogP contribution in [0.4, 0.5) is 0 Å². The van der Waals surface area contributed by atoms with Crippen molar-refractivity contribution in [2.45, 2.75) is 13.5 Å². The van der Waals surface area contributed by atoms with Crippen LogP contribution < -0.4 is 10.5 Å². The van der Waals surface area contributed by atoms with Crippen LogP contribution in [0.25, 0.3) is 0 Å². The van der Waals surface area contributed by atoms with Crippen molar-refractivity contribution in [2.24, 2.45) is 5.73 Å². The lowest BCUT2D eigenvalue weighted by atomic mass is 10.2. The molecular formula is C17H18N2O8S. The third-order valence-corrected chi connectivity index (χ3v) is 2.86. The van der Waals surface area contributed by atoms with Gasteiger partial charge in [-0.25, -0.2) is 4.79 Å². The van der Waals surface area contributed by atoms with Crippen molar-refractivity contribution >= 4 is 28.0 Å². The second-order valence-electron chi connectivity index (χ2n) is 5.26. The smallest absolute Gasteiger partial charge is 0.342 e. The van der Waals surface area contributed by atoms with Crippen LogP contribution in [0, 0.1) is 0 Å². The molecule has 1 heterocycles. The van der Waals surface area contributed by atoms with Crippen LogP contribution in [0.1, 0.15) is 33.3 Å². The number of carbonyl (C=O) groups excluding carboxylic acids is 3. The molecule has 2 rings (SSSR count). The molecule has 0 spiro atoms. The van der Waals surface area contributed by atoms with Gasteiger partial charge in [-0.2, -0.15) is 8.42 Å². The topological polar surface area (TPSA) is 163 Å². The summed E-state index contributed by atoms with van der Waals surface area (Å²) < 4.78 is 35.9. The fraction of sp³-hybridized carbons (Fsp3) is 0.176. The van der Waals surface area contributed by atoms with Crippen LogP contribution in [-0.2, 0) is 26.3 Å². The number of hydrogen-bond acceptors (Lipinski definition) is 8. The lowest BCUT2D eigenvalue weighted by Crippen LogP contribution is -2.16. The number of benzene rings is 1. The molecule has 1 aromatic heterocycles. The highest BCUT2D eigenvalue weighted by Crippen LogP contribution is 2.20. The Labute approximate surface area is 161 Å². The molecule has 0 fully saturated rings. The molecule has 2 aromatic rings. The molecule has 0 saturated heterocycles. The van der Waals surface area contributed by atoms with E-state index in [9.17, 15) is 22.8 Å². The summed E-state index contributed by atoms with van der Waals surface area (Å²) in [7, 11) is -3.67. The minimum absolute atomic E-state index is 0.0965. The molecule has 0 bridgehead atoms. The number of rotatable bonds is 5. The average Bonchev–Trinajstić information content (AvgIpc) is 2.58. The quantitative estimate of drug-likeness (QED) is 0.415. The van der Waals surface area contributed by atoms with Gasteiger partial charge < -0.3 is 15.2 Å². The Hall–Kier alpha value is -3.31. The summed E-state index contributed by atoms with van der Waals surface area (Å²) in [4.78, 5) is 38.5. The third kappa shape index (κ3) is 8.38. The number of nitrogens with two attached hydrogens (primary N) is 1. The van der Waals surface area contributed by atoms with E-state index in [1.807, 2.05) is 0 Å². The number of aromatic nitrogens is 1. The minimum Gasteiger partial charge on any atom is -0.455 e. The van der Waals surface area contributed by atoms with Gasteiger partial charge in [0.2, 0.25) is 0 Å². The van der Waals surface area contributed by atoms with E-state index < -0.39 is 28.0 Å². The Morgan fingerprint density at radius 1 is 1.11 bits per heavy atom. The fourth-order valence-electron chi connectivity index (χ4n) is 1.87. The first-order valence-corrected chi connectivity index (χ1v) is 9.44. The van der Waals surface area contributed by atoms with Gasteiger partial charge in [0.15, 0.2) is 0 Å². The van der Waals surface area contributed by atoms with Crippen molar-refractivity contribution in [2.75, 3.05) is 6.26 Å². The Balaban J connectivity index is 0.000000696. The van der Waals surface area contributed by atoms with Crippen LogP contribution in [0.2, 0.25) is 0 Å². The molecule has 0 aliphatic heterocycles. The number of esters is 2. The van der Waals surface area contributed by atoms with E-state index in [-0.39, 0.29) is 29.2 Å². The molecular weight excluding hydrogens is 392 g/mol. The minimum atomic E-state index is -3.67. The maximum atomic E-state index is 12.1. The molecule has 0 atom stereocenters. The summed E-state index contributed by atoms with van der Waals surface area (Å²) >= 11 is 0. The Morgan fingerprint density at radius 3 is 2.25 bits per heavy atom. The maximum absolute atomic E-state index is 12.1. The number of amides is 1. The van der Waals surface area contributed by atoms with Gasteiger partial charge in [-0.05, 0) is 24.3 Å². The number of primary amides is 1. The van der Waals surface area contributed by atoms with Crippen molar-refractivity contribution in [3.63, 3.8) is 0 Å². The second-order valence-corrected chi connectivity index (χ2v) is 6.73. The summed E-state index contributed by atoms with van der Waals surface area (Å²) in [6.45, 7) is 1.00. The van der Waals surface area contributed by atoms with E-state index >= 15 is 0 Å². The third-order valence-electron chi connectivity index (χ3n) is 2.86. The van der Waals surface area contributed by atoms with Gasteiger partial charge in [0.25, 0.3) is 16.0 Å². The maximum Gasteiger partial charge on any atom is 0.342 e. The summed E-state index contributed by atoms with van der Waals surface area (Å²) in [5.74, 6) is -1.82. The molecule has 0 radical (unpaired) electrons. The summed E-state index contributed by atoms with van der Waals surface area (Å²) in [5.41, 5.74) is 5.75. The molecule has 1 aromatic carbocycles. The highest BCUT2D eigenvalue weighted by molar-refractivity contribution is 7.85. The van der Waals surface area contributed by atoms with Crippen molar-refractivity contribution in [3.8, 4) is 5.75 Å². The van der Waals surface area contributed by atoms with E-state index in [2.05, 4.69) is 4.98 Å². The standard InChI is InChI=1S/C16H14N2O5.CH4O3S/c1-10(19)23-14-7-3-2-5-12(14)16(21)22-9-13-11(15(17)20)6-4-8-18-13;1-5(2,3)4/h2-8H,9H2,1H3,(H2,17,20);1H3,(H,2,3,4). The fourth-order valence-corrected chi connectivity index (χ4v) is 1.87. The monoisotopic (exact) mass is 410 g/mol. The van der Waals surface area contributed by atoms with Gasteiger partial charge in [-0.3, -0.25) is 19.1 Å². The van der Waals surface area contributed by atoms with Gasteiger partial charge in [0.1, 0.15) is 17.9 Å². The average molecular weight is 410 g/mol. The zero-order valence-corrected chi connectivity index (χ0v) is 15.8. The summed E-state index contributed by atoms with van der Waals surface area (Å²) in [6, 6.07) is 9.23. The first kappa shape index (κ1) is 22.7. The lowest BCUT2D eigenvalue weighted by molar-refractivity contribution is -0.131. The largest absolute Gasteiger partial charge is 0.455 e. The van der Waals surface area contributed by atoms with Gasteiger partial charge in [0, 0.05) is 13.1 Å². The van der Waals surface area contributed by atoms with E-state index in [1.165, 1.54) is 31.3 Å². The summed E-state index contributed by atoms with van der Waals surface area (Å²) in [6.07, 6.45) is 2.18. The molecule has 0 aliphatic rings. The Bertz CT molecular complexity index is 965. The van der Waals surface area contributed by atoms with Crippen molar-refractivity contribution in [1.82, 2.24) is 4.98 Å². The molecule has 0 unspecified atom stereocenters. The van der Waals surface area contributed by atoms with E-state index in [0.29, 0.717) is 6.26 Å². The van der Waals surface area contributed by atoms with Gasteiger partial charge in [-0.1, -0.05) is 12.1 Å². The Morgan fingerprint density at radius 2 is 1.68 bits per heavy atom. The predicted octanol–water partition coefficient (Wildman–Crippen LogP) is 0.967. The SMILES string of the molecule is CC(=O)Oc1ccccc1C(=O)OCc1ncccc1C(N)=O.CS(=O)(=O)O. The van der Waals surface area contributed by atoms with Crippen LogP contribution in [0.15, 0.2) is 42.6 Å². The number of ether oxygens (including phenoxy) is 2. The molecule has 11 heteroatoms. The molecule has 0 aliphatic carbocycles. The van der Waals surface area contributed by atoms with Gasteiger partial charge in [-0.15, -0.1) is 0 Å². The summed E-state index contributed by atoms with van der Waals surface area (Å²) in [5, 5.41) is 0. The van der Waals surface area contributed by atoms with Crippen LogP contribution >= 0.6 is 0 Å². The second kappa shape index (κ2) is 10.1. The predicted molar refractivity (Wildman–Crippen MR) is 97.1 cm³/mol. The van der Waals surface area contributed by atoms with Crippen molar-refractivity contribution < 1.29 is 36.8 Å². The highest BCUT2D eigenvalue weighted by Gasteiger charge is 2.17. The van der Waals surface area contributed by atoms with E-state index in [1.54, 1.807) is 18.2 Å². The number of carbonyl (C=O) groups is 3. The number of pyridine rings is 1. The normalized spacial score (nSPS) is 10.2. The zero-order valence-electron chi connectivity index (χ0n) is 15.0. The van der Waals surface area contributed by atoms with Gasteiger partial charge in [0.05, 0.1) is 17.5 Å². The highest BCUT2D eigenvalue weighted by atomic mass is 32.2. The number of para-hydroxylation sites is 1. The van der Waals surface area contributed by atoms with Crippen LogP contribution in [-0.4, -0.2) is 42.1 Å². The van der Waals surface area contributed by atoms with Gasteiger partial charge >= 0.3 is 11.9 Å². The van der Waals surface area contributed by atoms with Crippen LogP contribution in [0.5, 0.6) is 5.75 Å². The van der Waals surface area contributed by atoms with Crippen molar-refractivity contribution in [3.05, 3.63) is 59.4 Å². The van der Waals surface area contributed by atoms with Crippen molar-refractivity contribution in [1.29, 1.82) is 0 Å².